The molecule has 1 saturated carbocycles. The van der Waals surface area contributed by atoms with Crippen molar-refractivity contribution < 1.29 is 0 Å². The highest BCUT2D eigenvalue weighted by Gasteiger charge is 2.22. The van der Waals surface area contributed by atoms with Crippen molar-refractivity contribution in [1.82, 2.24) is 9.97 Å². The van der Waals surface area contributed by atoms with Gasteiger partial charge in [-0.2, -0.15) is 0 Å². The maximum atomic E-state index is 11.6. The van der Waals surface area contributed by atoms with Crippen molar-refractivity contribution in [2.45, 2.75) is 57.8 Å². The van der Waals surface area contributed by atoms with Gasteiger partial charge in [0.15, 0.2) is 0 Å². The van der Waals surface area contributed by atoms with E-state index < -0.39 is 0 Å². The first kappa shape index (κ1) is 11.4. The van der Waals surface area contributed by atoms with Crippen LogP contribution in [0.25, 0.3) is 0 Å². The van der Waals surface area contributed by atoms with Gasteiger partial charge in [0, 0.05) is 17.4 Å². The van der Waals surface area contributed by atoms with Crippen molar-refractivity contribution in [1.29, 1.82) is 0 Å². The maximum absolute atomic E-state index is 11.6. The van der Waals surface area contributed by atoms with Gasteiger partial charge < -0.3 is 4.98 Å². The summed E-state index contributed by atoms with van der Waals surface area (Å²) < 4.78 is 0. The fourth-order valence-electron chi connectivity index (χ4n) is 2.25. The van der Waals surface area contributed by atoms with Gasteiger partial charge in [-0.05, 0) is 12.8 Å². The van der Waals surface area contributed by atoms with Crippen molar-refractivity contribution in [3.8, 4) is 0 Å². The molecule has 0 aromatic carbocycles. The first-order chi connectivity index (χ1) is 7.47. The molecule has 1 fully saturated rings. The average molecular weight is 220 g/mol. The topological polar surface area (TPSA) is 45.8 Å². The standard InChI is InChI=1S/C13H20N2O/c1-13(2,3)10-8-11(16)15-12(14-10)9-6-4-5-7-9/h8-9H,4-7H2,1-3H3,(H,14,15,16). The molecule has 3 heteroatoms. The molecule has 0 bridgehead atoms. The van der Waals surface area contributed by atoms with Gasteiger partial charge in [-0.25, -0.2) is 4.98 Å². The van der Waals surface area contributed by atoms with Crippen LogP contribution < -0.4 is 5.56 Å². The van der Waals surface area contributed by atoms with Crippen molar-refractivity contribution in [3.63, 3.8) is 0 Å². The predicted molar refractivity (Wildman–Crippen MR) is 64.8 cm³/mol. The van der Waals surface area contributed by atoms with Crippen molar-refractivity contribution in [2.24, 2.45) is 0 Å². The summed E-state index contributed by atoms with van der Waals surface area (Å²) >= 11 is 0. The molecule has 0 radical (unpaired) electrons. The van der Waals surface area contributed by atoms with Crippen LogP contribution in [0.3, 0.4) is 0 Å². The molecule has 3 nitrogen and oxygen atoms in total. The second-order valence-corrected chi connectivity index (χ2v) is 5.75. The minimum Gasteiger partial charge on any atom is -0.310 e. The molecule has 0 atom stereocenters. The lowest BCUT2D eigenvalue weighted by Gasteiger charge is -2.19. The van der Waals surface area contributed by atoms with E-state index in [0.29, 0.717) is 5.92 Å². The lowest BCUT2D eigenvalue weighted by atomic mass is 9.91. The summed E-state index contributed by atoms with van der Waals surface area (Å²) in [4.78, 5) is 19.1. The Hall–Kier alpha value is -1.12. The monoisotopic (exact) mass is 220 g/mol. The zero-order valence-electron chi connectivity index (χ0n) is 10.3. The summed E-state index contributed by atoms with van der Waals surface area (Å²) in [6.45, 7) is 6.27. The van der Waals surface area contributed by atoms with E-state index in [1.807, 2.05) is 0 Å². The summed E-state index contributed by atoms with van der Waals surface area (Å²) in [6.07, 6.45) is 4.84. The normalized spacial score (nSPS) is 17.9. The molecule has 1 heterocycles. The Morgan fingerprint density at radius 1 is 1.31 bits per heavy atom. The SMILES string of the molecule is CC(C)(C)c1cc(=O)[nH]c(C2CCCC2)n1. The van der Waals surface area contributed by atoms with E-state index in [4.69, 9.17) is 0 Å². The van der Waals surface area contributed by atoms with Gasteiger partial charge in [-0.15, -0.1) is 0 Å². The number of aromatic nitrogens is 2. The van der Waals surface area contributed by atoms with Gasteiger partial charge in [0.25, 0.3) is 5.56 Å². The molecule has 2 rings (SSSR count). The lowest BCUT2D eigenvalue weighted by molar-refractivity contribution is 0.549. The molecule has 0 spiro atoms. The molecule has 1 aliphatic rings. The number of H-pyrrole nitrogens is 1. The third-order valence-electron chi connectivity index (χ3n) is 3.27. The van der Waals surface area contributed by atoms with Gasteiger partial charge in [0.05, 0.1) is 5.69 Å². The van der Waals surface area contributed by atoms with Crippen LogP contribution in [0.15, 0.2) is 10.9 Å². The van der Waals surface area contributed by atoms with E-state index in [2.05, 4.69) is 30.7 Å². The molecule has 16 heavy (non-hydrogen) atoms. The summed E-state index contributed by atoms with van der Waals surface area (Å²) in [7, 11) is 0. The van der Waals surface area contributed by atoms with Crippen LogP contribution in [0, 0.1) is 0 Å². The molecule has 1 aliphatic carbocycles. The minimum atomic E-state index is -0.0540. The highest BCUT2D eigenvalue weighted by Crippen LogP contribution is 2.32. The van der Waals surface area contributed by atoms with E-state index in [-0.39, 0.29) is 11.0 Å². The number of hydrogen-bond donors (Lipinski definition) is 1. The Morgan fingerprint density at radius 3 is 2.50 bits per heavy atom. The second-order valence-electron chi connectivity index (χ2n) is 5.75. The van der Waals surface area contributed by atoms with Crippen LogP contribution in [-0.4, -0.2) is 9.97 Å². The molecule has 1 aromatic heterocycles. The van der Waals surface area contributed by atoms with E-state index in [0.717, 1.165) is 24.4 Å². The van der Waals surface area contributed by atoms with Crippen LogP contribution in [0.1, 0.15) is 63.9 Å². The first-order valence-electron chi connectivity index (χ1n) is 6.08. The third kappa shape index (κ3) is 2.34. The molecule has 0 unspecified atom stereocenters. The van der Waals surface area contributed by atoms with Crippen molar-refractivity contribution in [2.75, 3.05) is 0 Å². The minimum absolute atomic E-state index is 0.0122. The zero-order chi connectivity index (χ0) is 11.8. The Labute approximate surface area is 96.3 Å². The Bertz CT molecular complexity index is 422. The highest BCUT2D eigenvalue weighted by molar-refractivity contribution is 5.14. The third-order valence-corrected chi connectivity index (χ3v) is 3.27. The van der Waals surface area contributed by atoms with Crippen LogP contribution in [0.5, 0.6) is 0 Å². The number of rotatable bonds is 1. The van der Waals surface area contributed by atoms with Crippen LogP contribution >= 0.6 is 0 Å². The van der Waals surface area contributed by atoms with Gasteiger partial charge in [-0.3, -0.25) is 4.79 Å². The Morgan fingerprint density at radius 2 is 1.94 bits per heavy atom. The van der Waals surface area contributed by atoms with E-state index in [1.165, 1.54) is 12.8 Å². The second kappa shape index (κ2) is 4.04. The van der Waals surface area contributed by atoms with E-state index >= 15 is 0 Å². The number of nitrogens with zero attached hydrogens (tertiary/aromatic N) is 1. The fourth-order valence-corrected chi connectivity index (χ4v) is 2.25. The average Bonchev–Trinajstić information content (AvgIpc) is 2.68. The zero-order valence-corrected chi connectivity index (χ0v) is 10.3. The molecular formula is C13H20N2O. The largest absolute Gasteiger partial charge is 0.310 e. The van der Waals surface area contributed by atoms with Gasteiger partial charge in [0.2, 0.25) is 0 Å². The molecule has 0 saturated heterocycles. The summed E-state index contributed by atoms with van der Waals surface area (Å²) in [5, 5.41) is 0. The first-order valence-corrected chi connectivity index (χ1v) is 6.08. The highest BCUT2D eigenvalue weighted by atomic mass is 16.1. The quantitative estimate of drug-likeness (QED) is 0.791. The number of nitrogens with one attached hydrogen (secondary N) is 1. The molecule has 0 aliphatic heterocycles. The summed E-state index contributed by atoms with van der Waals surface area (Å²) in [5.41, 5.74) is 0.835. The summed E-state index contributed by atoms with van der Waals surface area (Å²) in [6, 6.07) is 1.62. The van der Waals surface area contributed by atoms with Gasteiger partial charge in [-0.1, -0.05) is 33.6 Å². The van der Waals surface area contributed by atoms with E-state index in [9.17, 15) is 4.79 Å². The Balaban J connectivity index is 2.39. The number of aromatic amines is 1. The summed E-state index contributed by atoms with van der Waals surface area (Å²) in [5.74, 6) is 1.37. The van der Waals surface area contributed by atoms with Crippen molar-refractivity contribution in [3.05, 3.63) is 27.9 Å². The van der Waals surface area contributed by atoms with Crippen LogP contribution in [-0.2, 0) is 5.41 Å². The number of hydrogen-bond acceptors (Lipinski definition) is 2. The molecule has 88 valence electrons. The van der Waals surface area contributed by atoms with Gasteiger partial charge >= 0.3 is 0 Å². The molecule has 0 amide bonds. The van der Waals surface area contributed by atoms with Crippen LogP contribution in [0.4, 0.5) is 0 Å². The molecule has 1 N–H and O–H groups in total. The maximum Gasteiger partial charge on any atom is 0.251 e. The smallest absolute Gasteiger partial charge is 0.251 e. The van der Waals surface area contributed by atoms with Crippen molar-refractivity contribution >= 4 is 0 Å². The van der Waals surface area contributed by atoms with Gasteiger partial charge in [0.1, 0.15) is 5.82 Å². The Kier molecular flexibility index (Phi) is 2.87. The van der Waals surface area contributed by atoms with E-state index in [1.54, 1.807) is 6.07 Å². The fraction of sp³-hybridized carbons (Fsp3) is 0.692. The molecule has 1 aromatic rings. The predicted octanol–water partition coefficient (Wildman–Crippen LogP) is 2.73. The molecular weight excluding hydrogens is 200 g/mol. The van der Waals surface area contributed by atoms with Crippen LogP contribution in [0.2, 0.25) is 0 Å². The lowest BCUT2D eigenvalue weighted by Crippen LogP contribution is -2.22.